The van der Waals surface area contributed by atoms with Crippen molar-refractivity contribution in [3.63, 3.8) is 0 Å². The lowest BCUT2D eigenvalue weighted by Crippen LogP contribution is -2.35. The van der Waals surface area contributed by atoms with E-state index >= 15 is 8.78 Å². The lowest BCUT2D eigenvalue weighted by atomic mass is 9.93. The maximum Gasteiger partial charge on any atom is 0.293 e. The first-order valence-electron chi connectivity index (χ1n) is 20.0. The number of rotatable bonds is 13. The molecule has 0 saturated heterocycles. The predicted molar refractivity (Wildman–Crippen MR) is 220 cm³/mol. The van der Waals surface area contributed by atoms with Crippen LogP contribution in [0, 0.1) is 29.4 Å². The van der Waals surface area contributed by atoms with Gasteiger partial charge in [0.05, 0.1) is 38.2 Å². The second-order valence-electron chi connectivity index (χ2n) is 17.1. The molecule has 0 aliphatic heterocycles. The van der Waals surface area contributed by atoms with Gasteiger partial charge in [-0.25, -0.2) is 39.4 Å². The van der Waals surface area contributed by atoms with E-state index in [1.807, 2.05) is 0 Å². The average molecular weight is 934 g/mol. The van der Waals surface area contributed by atoms with Gasteiger partial charge in [0.2, 0.25) is 15.9 Å². The van der Waals surface area contributed by atoms with Crippen molar-refractivity contribution >= 4 is 54.1 Å². The Morgan fingerprint density at radius 3 is 2.29 bits per heavy atom. The number of aromatic nitrogens is 5. The van der Waals surface area contributed by atoms with Crippen LogP contribution in [0.2, 0.25) is 5.02 Å². The zero-order valence-corrected chi connectivity index (χ0v) is 36.1. The van der Waals surface area contributed by atoms with Crippen LogP contribution in [0.15, 0.2) is 42.5 Å². The Morgan fingerprint density at radius 1 is 0.968 bits per heavy atom. The van der Waals surface area contributed by atoms with Crippen LogP contribution in [0.1, 0.15) is 98.2 Å². The Hall–Kier alpha value is -5.13. The van der Waals surface area contributed by atoms with Crippen molar-refractivity contribution in [2.24, 2.45) is 13.0 Å². The number of benzene rings is 2. The molecule has 332 valence electrons. The third-order valence-electron chi connectivity index (χ3n) is 12.0. The zero-order chi connectivity index (χ0) is 45.1. The Balaban J connectivity index is 1.19. The molecule has 21 heteroatoms. The van der Waals surface area contributed by atoms with Crippen LogP contribution in [-0.4, -0.2) is 62.5 Å². The minimum atomic E-state index is -3.83. The quantitative estimate of drug-likeness (QED) is 0.0902. The first-order chi connectivity index (χ1) is 29.6. The van der Waals surface area contributed by atoms with Crippen molar-refractivity contribution in [3.8, 4) is 23.0 Å². The van der Waals surface area contributed by atoms with Crippen molar-refractivity contribution < 1.29 is 48.0 Å². The van der Waals surface area contributed by atoms with Crippen molar-refractivity contribution in [2.75, 3.05) is 4.72 Å². The maximum atomic E-state index is 15.5. The number of nitrogens with zero attached hydrogens (tertiary/aromatic N) is 5. The van der Waals surface area contributed by atoms with Gasteiger partial charge < -0.3 is 5.32 Å². The van der Waals surface area contributed by atoms with Gasteiger partial charge in [-0.15, -0.1) is 0 Å². The fraction of sp³-hybridized carbons (Fsp3) is 0.429. The fourth-order valence-electron chi connectivity index (χ4n) is 8.52. The molecule has 3 heterocycles. The highest BCUT2D eigenvalue weighted by atomic mass is 35.5. The fourth-order valence-corrected chi connectivity index (χ4v) is 11.9. The molecule has 12 nitrogen and oxygen atoms in total. The van der Waals surface area contributed by atoms with Crippen LogP contribution in [0.4, 0.5) is 32.2 Å². The molecule has 1 amide bonds. The van der Waals surface area contributed by atoms with Crippen LogP contribution in [0.25, 0.3) is 22.0 Å². The topological polar surface area (TPSA) is 158 Å². The number of pyridine rings is 1. The molecule has 2 aromatic carbocycles. The molecule has 3 atom stereocenters. The standard InChI is InChI=1S/C42H38ClF6N7O5S2/c1-41(2,62(58,59)24-5-6-24)13-12-23-4-9-26(27-10-11-30(43)34-37(27)55(3)53-40(34)54-63(60,61)25-7-8-25)35(50-23)31(16-20-14-21(44)17-22(45)15-20)51-32(57)19-56-38-33(36(52-56)39(46)47)28-18-29(28)42(38,48)49/h4,9-11,14-15,17,24-25,28-29,31,39H,5-8,16,18-19H2,1-3H3,(H,51,57)(H,53,54)/t28?,29-,31+/m1/s1. The van der Waals surface area contributed by atoms with Crippen LogP contribution in [0.5, 0.6) is 0 Å². The Bertz CT molecular complexity index is 3030. The van der Waals surface area contributed by atoms with Gasteiger partial charge in [-0.05, 0) is 100 Å². The number of sulfonamides is 1. The molecular weight excluding hydrogens is 896 g/mol. The number of anilines is 1. The van der Waals surface area contributed by atoms with E-state index in [9.17, 15) is 39.2 Å². The van der Waals surface area contributed by atoms with Crippen LogP contribution < -0.4 is 10.0 Å². The van der Waals surface area contributed by atoms with E-state index in [-0.39, 0.29) is 57.1 Å². The summed E-state index contributed by atoms with van der Waals surface area (Å²) in [4.78, 5) is 18.9. The number of amides is 1. The van der Waals surface area contributed by atoms with Gasteiger partial charge in [-0.1, -0.05) is 23.6 Å². The number of nitrogens with one attached hydrogen (secondary N) is 2. The summed E-state index contributed by atoms with van der Waals surface area (Å²) >= 11 is 6.70. The van der Waals surface area contributed by atoms with Crippen molar-refractivity contribution in [1.82, 2.24) is 29.9 Å². The van der Waals surface area contributed by atoms with Gasteiger partial charge in [0.15, 0.2) is 15.7 Å². The summed E-state index contributed by atoms with van der Waals surface area (Å²) in [6.07, 6.45) is -1.63. The highest BCUT2D eigenvalue weighted by Crippen LogP contribution is 2.68. The van der Waals surface area contributed by atoms with Gasteiger partial charge in [0, 0.05) is 35.7 Å². The highest BCUT2D eigenvalue weighted by Gasteiger charge is 2.67. The Kier molecular flexibility index (Phi) is 10.3. The van der Waals surface area contributed by atoms with E-state index in [1.165, 1.54) is 37.7 Å². The molecule has 5 aromatic rings. The van der Waals surface area contributed by atoms with E-state index in [0.29, 0.717) is 47.5 Å². The number of carbonyl (C=O) groups is 1. The molecule has 3 fully saturated rings. The Labute approximate surface area is 362 Å². The second kappa shape index (κ2) is 15.0. The summed E-state index contributed by atoms with van der Waals surface area (Å²) in [5.41, 5.74) is -1.01. The lowest BCUT2D eigenvalue weighted by molar-refractivity contribution is -0.123. The molecule has 4 aliphatic carbocycles. The molecule has 3 saturated carbocycles. The maximum absolute atomic E-state index is 15.5. The minimum Gasteiger partial charge on any atom is -0.346 e. The first kappa shape index (κ1) is 43.1. The van der Waals surface area contributed by atoms with Gasteiger partial charge in [0.1, 0.15) is 40.0 Å². The molecule has 4 aliphatic rings. The van der Waals surface area contributed by atoms with E-state index in [2.05, 4.69) is 32.1 Å². The average Bonchev–Trinajstić information content (AvgIpc) is 4.08. The molecule has 0 bridgehead atoms. The number of hydrogen-bond acceptors (Lipinski definition) is 8. The van der Waals surface area contributed by atoms with Crippen molar-refractivity contribution in [3.05, 3.63) is 93.0 Å². The van der Waals surface area contributed by atoms with E-state index in [0.717, 1.165) is 12.1 Å². The number of sulfone groups is 1. The van der Waals surface area contributed by atoms with E-state index in [1.54, 1.807) is 12.1 Å². The first-order valence-corrected chi connectivity index (χ1v) is 23.5. The number of fused-ring (bicyclic) bond motifs is 4. The van der Waals surface area contributed by atoms with Crippen LogP contribution in [0.3, 0.4) is 0 Å². The summed E-state index contributed by atoms with van der Waals surface area (Å²) in [5, 5.41) is 10.1. The number of aryl methyl sites for hydroxylation is 1. The Morgan fingerprint density at radius 2 is 1.63 bits per heavy atom. The molecule has 2 N–H and O–H groups in total. The van der Waals surface area contributed by atoms with Gasteiger partial charge in [0.25, 0.3) is 12.3 Å². The third-order valence-corrected chi connectivity index (χ3v) is 17.0. The molecule has 3 aromatic heterocycles. The monoisotopic (exact) mass is 933 g/mol. The highest BCUT2D eigenvalue weighted by molar-refractivity contribution is 7.94. The SMILES string of the molecule is Cn1nc(NS(=O)(=O)C2CC2)c2c(Cl)ccc(-c3ccc(C#CC(C)(C)S(=O)(=O)C4CC4)nc3[C@H](Cc3cc(F)cc(F)c3)NC(=O)Cn3nc(C(F)F)c4c3C(F)(F)[C@@H]3CC43)c21. The summed E-state index contributed by atoms with van der Waals surface area (Å²) < 4.78 is 144. The summed E-state index contributed by atoms with van der Waals surface area (Å²) in [6, 6.07) is 7.38. The van der Waals surface area contributed by atoms with Gasteiger partial charge in [-0.3, -0.25) is 18.9 Å². The van der Waals surface area contributed by atoms with Gasteiger partial charge >= 0.3 is 0 Å². The summed E-state index contributed by atoms with van der Waals surface area (Å²) in [7, 11) is -5.97. The number of halogens is 7. The van der Waals surface area contributed by atoms with Gasteiger partial charge in [-0.2, -0.15) is 19.0 Å². The summed E-state index contributed by atoms with van der Waals surface area (Å²) in [5.74, 6) is -2.88. The predicted octanol–water partition coefficient (Wildman–Crippen LogP) is 7.62. The molecule has 9 rings (SSSR count). The number of carbonyl (C=O) groups excluding carboxylic acids is 1. The van der Waals surface area contributed by atoms with Crippen molar-refractivity contribution in [1.29, 1.82) is 0 Å². The molecule has 63 heavy (non-hydrogen) atoms. The molecule has 0 radical (unpaired) electrons. The molecular formula is C42H38ClF6N7O5S2. The number of hydrogen-bond donors (Lipinski definition) is 2. The molecule has 0 spiro atoms. The number of alkyl halides is 4. The second-order valence-corrected chi connectivity index (χ2v) is 22.2. The summed E-state index contributed by atoms with van der Waals surface area (Å²) in [6.45, 7) is 1.98. The lowest BCUT2D eigenvalue weighted by Gasteiger charge is -2.23. The third kappa shape index (κ3) is 7.73. The van der Waals surface area contributed by atoms with Crippen molar-refractivity contribution in [2.45, 2.75) is 98.5 Å². The normalized spacial score (nSPS) is 19.7. The largest absolute Gasteiger partial charge is 0.346 e. The van der Waals surface area contributed by atoms with Crippen LogP contribution >= 0.6 is 11.6 Å². The zero-order valence-electron chi connectivity index (χ0n) is 33.7. The molecule has 1 unspecified atom stereocenters. The van der Waals surface area contributed by atoms with Crippen LogP contribution in [-0.2, 0) is 50.6 Å². The van der Waals surface area contributed by atoms with E-state index < -0.39 is 101 Å². The minimum absolute atomic E-state index is 0.00374. The van der Waals surface area contributed by atoms with E-state index in [4.69, 9.17) is 16.6 Å². The smallest absolute Gasteiger partial charge is 0.293 e.